The zero-order valence-electron chi connectivity index (χ0n) is 17.1. The van der Waals surface area contributed by atoms with Crippen LogP contribution in [0.1, 0.15) is 6.92 Å². The molecule has 0 spiro atoms. The number of sulfonamides is 1. The largest absolute Gasteiger partial charge is 0.514 e. The Morgan fingerprint density at radius 3 is 2.38 bits per heavy atom. The molecule has 3 rings (SSSR count). The number of fused-ring (bicyclic) bond motifs is 1. The summed E-state index contributed by atoms with van der Waals surface area (Å²) in [6.07, 6.45) is -1.07. The first kappa shape index (κ1) is 23.0. The molecule has 0 atom stereocenters. The van der Waals surface area contributed by atoms with Crippen molar-refractivity contribution in [2.24, 2.45) is 0 Å². The van der Waals surface area contributed by atoms with Crippen molar-refractivity contribution in [2.75, 3.05) is 26.1 Å². The number of aromatic nitrogens is 2. The molecule has 32 heavy (non-hydrogen) atoms. The third-order valence-corrected chi connectivity index (χ3v) is 6.35. The predicted octanol–water partition coefficient (Wildman–Crippen LogP) is 2.75. The van der Waals surface area contributed by atoms with Crippen molar-refractivity contribution in [3.05, 3.63) is 30.3 Å². The number of carbonyl (C=O) groups is 2. The lowest BCUT2D eigenvalue weighted by molar-refractivity contribution is 0.105. The maximum atomic E-state index is 13.0. The van der Waals surface area contributed by atoms with E-state index < -0.39 is 22.2 Å². The third-order valence-electron chi connectivity index (χ3n) is 3.78. The quantitative estimate of drug-likeness (QED) is 0.480. The van der Waals surface area contributed by atoms with Crippen molar-refractivity contribution in [1.29, 1.82) is 0 Å². The maximum absolute atomic E-state index is 13.0. The highest BCUT2D eigenvalue weighted by molar-refractivity contribution is 7.90. The minimum absolute atomic E-state index is 0.0382. The van der Waals surface area contributed by atoms with Crippen molar-refractivity contribution in [3.8, 4) is 16.8 Å². The summed E-state index contributed by atoms with van der Waals surface area (Å²) in [6, 6.07) is 6.68. The van der Waals surface area contributed by atoms with Gasteiger partial charge in [-0.1, -0.05) is 29.5 Å². The number of methoxy groups -OCH3 is 2. The van der Waals surface area contributed by atoms with Crippen LogP contribution >= 0.6 is 11.3 Å². The molecule has 0 fully saturated rings. The second kappa shape index (κ2) is 9.65. The van der Waals surface area contributed by atoms with E-state index in [2.05, 4.69) is 15.3 Å². The van der Waals surface area contributed by atoms with E-state index in [4.69, 9.17) is 18.9 Å². The number of hydrogen-bond donors (Lipinski definition) is 2. The topological polar surface area (TPSA) is 155 Å². The smallest absolute Gasteiger partial charge is 0.481 e. The molecule has 0 aliphatic heterocycles. The molecule has 170 valence electrons. The number of hydrogen-bond acceptors (Lipinski definition) is 11. The fourth-order valence-electron chi connectivity index (χ4n) is 2.51. The lowest BCUT2D eigenvalue weighted by Gasteiger charge is -2.10. The van der Waals surface area contributed by atoms with E-state index in [1.807, 2.05) is 4.72 Å². The van der Waals surface area contributed by atoms with Crippen LogP contribution in [0.5, 0.6) is 16.8 Å². The fourth-order valence-corrected chi connectivity index (χ4v) is 5.10. The fraction of sp³-hybridized carbons (Fsp3) is 0.222. The Morgan fingerprint density at radius 1 is 1.09 bits per heavy atom. The Kier molecular flexibility index (Phi) is 6.95. The number of thiophene rings is 1. The van der Waals surface area contributed by atoms with E-state index in [9.17, 15) is 18.0 Å². The first-order valence-electron chi connectivity index (χ1n) is 8.94. The summed E-state index contributed by atoms with van der Waals surface area (Å²) < 4.78 is 48.2. The van der Waals surface area contributed by atoms with Gasteiger partial charge in [-0.3, -0.25) is 5.32 Å². The number of amides is 2. The number of ether oxygens (including phenoxy) is 4. The monoisotopic (exact) mass is 482 g/mol. The third kappa shape index (κ3) is 5.15. The summed E-state index contributed by atoms with van der Waals surface area (Å²) in [5.74, 6) is -0.0833. The van der Waals surface area contributed by atoms with E-state index >= 15 is 0 Å². The van der Waals surface area contributed by atoms with Crippen LogP contribution in [0.15, 0.2) is 35.2 Å². The molecule has 2 N–H and O–H groups in total. The average molecular weight is 482 g/mol. The minimum atomic E-state index is -4.49. The molecule has 0 saturated heterocycles. The van der Waals surface area contributed by atoms with Gasteiger partial charge in [0.1, 0.15) is 4.90 Å². The zero-order valence-corrected chi connectivity index (χ0v) is 18.7. The van der Waals surface area contributed by atoms with Crippen molar-refractivity contribution < 1.29 is 37.0 Å². The molecule has 2 aromatic heterocycles. The molecule has 14 heteroatoms. The SMILES string of the molecule is CCOC(=O)Oc1sc2ccccc2c1S(=O)(=O)NC(=O)Nc1nc(OC)cc(OC)n1. The van der Waals surface area contributed by atoms with Crippen LogP contribution in [-0.4, -0.2) is 51.4 Å². The van der Waals surface area contributed by atoms with Crippen LogP contribution in [0, 0.1) is 0 Å². The second-order valence-corrected chi connectivity index (χ2v) is 8.47. The molecule has 0 bridgehead atoms. The van der Waals surface area contributed by atoms with Gasteiger partial charge in [0.2, 0.25) is 22.8 Å². The van der Waals surface area contributed by atoms with Crippen LogP contribution < -0.4 is 24.2 Å². The van der Waals surface area contributed by atoms with Crippen LogP contribution in [0.4, 0.5) is 15.5 Å². The van der Waals surface area contributed by atoms with E-state index in [0.29, 0.717) is 4.70 Å². The molecule has 2 amide bonds. The number of nitrogens with zero attached hydrogens (tertiary/aromatic N) is 2. The number of urea groups is 1. The molecule has 0 aliphatic rings. The molecular weight excluding hydrogens is 464 g/mol. The van der Waals surface area contributed by atoms with Crippen molar-refractivity contribution in [3.63, 3.8) is 0 Å². The van der Waals surface area contributed by atoms with Gasteiger partial charge in [-0.25, -0.2) is 22.7 Å². The normalized spacial score (nSPS) is 11.0. The highest BCUT2D eigenvalue weighted by Crippen LogP contribution is 2.40. The second-order valence-electron chi connectivity index (χ2n) is 5.84. The van der Waals surface area contributed by atoms with Gasteiger partial charge in [0.05, 0.1) is 26.9 Å². The standard InChI is InChI=1S/C18H18N4O8S2/c1-4-29-18(24)30-15-14(10-7-5-6-8-11(10)31-15)32(25,26)22-17(23)21-16-19-12(27-2)9-13(20-16)28-3/h5-9H,4H2,1-3H3,(H2,19,20,21,22,23). The summed E-state index contributed by atoms with van der Waals surface area (Å²) in [5, 5.41) is 2.21. The van der Waals surface area contributed by atoms with Gasteiger partial charge < -0.3 is 18.9 Å². The summed E-state index contributed by atoms with van der Waals surface area (Å²) in [4.78, 5) is 31.6. The summed E-state index contributed by atoms with van der Waals surface area (Å²) in [5.41, 5.74) is 0. The van der Waals surface area contributed by atoms with Crippen molar-refractivity contribution >= 4 is 49.6 Å². The molecule has 1 aromatic carbocycles. The lowest BCUT2D eigenvalue weighted by Crippen LogP contribution is -2.35. The van der Waals surface area contributed by atoms with Crippen molar-refractivity contribution in [2.45, 2.75) is 11.8 Å². The van der Waals surface area contributed by atoms with E-state index in [1.165, 1.54) is 26.4 Å². The van der Waals surface area contributed by atoms with Crippen LogP contribution in [0.2, 0.25) is 0 Å². The Balaban J connectivity index is 1.91. The average Bonchev–Trinajstić information content (AvgIpc) is 3.11. The first-order valence-corrected chi connectivity index (χ1v) is 11.2. The number of benzene rings is 1. The molecule has 2 heterocycles. The summed E-state index contributed by atoms with van der Waals surface area (Å²) in [7, 11) is -1.79. The van der Waals surface area contributed by atoms with E-state index in [1.54, 1.807) is 25.1 Å². The van der Waals surface area contributed by atoms with Gasteiger partial charge in [0.25, 0.3) is 10.0 Å². The highest BCUT2D eigenvalue weighted by atomic mass is 32.2. The number of nitrogens with one attached hydrogen (secondary N) is 2. The van der Waals surface area contributed by atoms with Crippen LogP contribution in [-0.2, 0) is 14.8 Å². The van der Waals surface area contributed by atoms with Gasteiger partial charge in [-0.15, -0.1) is 0 Å². The Morgan fingerprint density at radius 2 is 1.75 bits per heavy atom. The predicted molar refractivity (Wildman–Crippen MR) is 114 cm³/mol. The Bertz CT molecular complexity index is 1240. The van der Waals surface area contributed by atoms with Crippen LogP contribution in [0.25, 0.3) is 10.1 Å². The molecule has 12 nitrogen and oxygen atoms in total. The molecule has 0 aliphatic carbocycles. The zero-order chi connectivity index (χ0) is 23.3. The minimum Gasteiger partial charge on any atom is -0.481 e. The molecule has 0 unspecified atom stereocenters. The molecule has 0 radical (unpaired) electrons. The first-order chi connectivity index (χ1) is 15.3. The number of anilines is 1. The Labute approximate surface area is 186 Å². The summed E-state index contributed by atoms with van der Waals surface area (Å²) >= 11 is 0.914. The van der Waals surface area contributed by atoms with Crippen molar-refractivity contribution in [1.82, 2.24) is 14.7 Å². The number of rotatable bonds is 7. The van der Waals surface area contributed by atoms with Gasteiger partial charge in [-0.05, 0) is 13.0 Å². The number of carbonyl (C=O) groups excluding carboxylic acids is 2. The van der Waals surface area contributed by atoms with Gasteiger partial charge in [0.15, 0.2) is 0 Å². The Hall–Kier alpha value is -3.65. The lowest BCUT2D eigenvalue weighted by atomic mass is 10.3. The van der Waals surface area contributed by atoms with E-state index in [0.717, 1.165) is 11.3 Å². The summed E-state index contributed by atoms with van der Waals surface area (Å²) in [6.45, 7) is 1.61. The molecule has 3 aromatic rings. The molecular formula is C18H18N4O8S2. The molecule has 0 saturated carbocycles. The van der Waals surface area contributed by atoms with Gasteiger partial charge in [-0.2, -0.15) is 9.97 Å². The van der Waals surface area contributed by atoms with Gasteiger partial charge in [0, 0.05) is 10.1 Å². The van der Waals surface area contributed by atoms with Crippen LogP contribution in [0.3, 0.4) is 0 Å². The van der Waals surface area contributed by atoms with E-state index in [-0.39, 0.29) is 39.7 Å². The van der Waals surface area contributed by atoms with Gasteiger partial charge >= 0.3 is 12.2 Å². The highest BCUT2D eigenvalue weighted by Gasteiger charge is 2.29. The maximum Gasteiger partial charge on any atom is 0.514 e.